The maximum atomic E-state index is 12.0. The maximum absolute atomic E-state index is 12.0. The minimum atomic E-state index is -0.119. The summed E-state index contributed by atoms with van der Waals surface area (Å²) in [5.41, 5.74) is 2.31. The third-order valence-electron chi connectivity index (χ3n) is 3.54. The molecule has 21 heavy (non-hydrogen) atoms. The van der Waals surface area contributed by atoms with Gasteiger partial charge in [0.2, 0.25) is 0 Å². The summed E-state index contributed by atoms with van der Waals surface area (Å²) < 4.78 is 5.59. The van der Waals surface area contributed by atoms with Gasteiger partial charge in [0.05, 0.1) is 12.6 Å². The van der Waals surface area contributed by atoms with Crippen LogP contribution >= 0.6 is 11.3 Å². The number of fused-ring (bicyclic) bond motifs is 1. The molecule has 1 aliphatic heterocycles. The molecule has 1 aromatic heterocycles. The molecule has 0 radical (unpaired) electrons. The predicted molar refractivity (Wildman–Crippen MR) is 83.9 cm³/mol. The summed E-state index contributed by atoms with van der Waals surface area (Å²) in [6, 6.07) is 9.85. The highest BCUT2D eigenvalue weighted by atomic mass is 32.1. The van der Waals surface area contributed by atoms with Crippen LogP contribution in [0, 0.1) is 0 Å². The number of benzene rings is 1. The molecule has 0 bridgehead atoms. The Bertz CT molecular complexity index is 598. The topological polar surface area (TPSA) is 50.4 Å². The van der Waals surface area contributed by atoms with Crippen molar-refractivity contribution in [1.29, 1.82) is 0 Å². The molecular formula is C16H18N2O2S. The van der Waals surface area contributed by atoms with Crippen molar-refractivity contribution in [3.8, 4) is 5.75 Å². The second-order valence-corrected chi connectivity index (χ2v) is 5.79. The van der Waals surface area contributed by atoms with E-state index >= 15 is 0 Å². The van der Waals surface area contributed by atoms with Gasteiger partial charge in [0.15, 0.2) is 0 Å². The van der Waals surface area contributed by atoms with E-state index in [2.05, 4.69) is 22.1 Å². The molecule has 0 fully saturated rings. The third kappa shape index (κ3) is 3.55. The monoisotopic (exact) mass is 302 g/mol. The highest BCUT2D eigenvalue weighted by Crippen LogP contribution is 2.31. The smallest absolute Gasteiger partial charge is 0.315 e. The van der Waals surface area contributed by atoms with E-state index in [-0.39, 0.29) is 12.1 Å². The van der Waals surface area contributed by atoms with Crippen molar-refractivity contribution in [1.82, 2.24) is 10.6 Å². The summed E-state index contributed by atoms with van der Waals surface area (Å²) in [5.74, 6) is 0.868. The average Bonchev–Trinajstić information content (AvgIpc) is 3.01. The standard InChI is InChI=1S/C16H18N2O2S/c19-16(17-8-5-12-7-10-21-11-12)18-14-6-9-20-15-4-2-1-3-13(14)15/h1-4,7,10-11,14H,5-6,8-9H2,(H2,17,18,19)/t14-/m1/s1. The Morgan fingerprint density at radius 3 is 3.10 bits per heavy atom. The SMILES string of the molecule is O=C(NCCc1ccsc1)N[C@@H]1CCOc2ccccc21. The summed E-state index contributed by atoms with van der Waals surface area (Å²) in [7, 11) is 0. The van der Waals surface area contributed by atoms with E-state index in [9.17, 15) is 4.79 Å². The minimum absolute atomic E-state index is 0.0242. The van der Waals surface area contributed by atoms with Crippen LogP contribution in [0.5, 0.6) is 5.75 Å². The van der Waals surface area contributed by atoms with Crippen molar-refractivity contribution in [3.63, 3.8) is 0 Å². The number of hydrogen-bond donors (Lipinski definition) is 2. The summed E-state index contributed by atoms with van der Waals surface area (Å²) >= 11 is 1.68. The van der Waals surface area contributed by atoms with E-state index < -0.39 is 0 Å². The van der Waals surface area contributed by atoms with Gasteiger partial charge in [0.1, 0.15) is 5.75 Å². The second-order valence-electron chi connectivity index (χ2n) is 5.01. The van der Waals surface area contributed by atoms with E-state index in [1.165, 1.54) is 5.56 Å². The van der Waals surface area contributed by atoms with Gasteiger partial charge in [-0.15, -0.1) is 0 Å². The van der Waals surface area contributed by atoms with Crippen LogP contribution in [0.4, 0.5) is 4.79 Å². The first-order valence-electron chi connectivity index (χ1n) is 7.10. The van der Waals surface area contributed by atoms with E-state index in [1.807, 2.05) is 29.6 Å². The van der Waals surface area contributed by atoms with Gasteiger partial charge in [-0.2, -0.15) is 11.3 Å². The number of amides is 2. The third-order valence-corrected chi connectivity index (χ3v) is 4.28. The lowest BCUT2D eigenvalue weighted by atomic mass is 10.0. The number of carbonyl (C=O) groups excluding carboxylic acids is 1. The van der Waals surface area contributed by atoms with Crippen LogP contribution in [0.2, 0.25) is 0 Å². The van der Waals surface area contributed by atoms with Gasteiger partial charge < -0.3 is 15.4 Å². The summed E-state index contributed by atoms with van der Waals surface area (Å²) in [6.45, 7) is 1.28. The molecular weight excluding hydrogens is 284 g/mol. The molecule has 1 aromatic carbocycles. The van der Waals surface area contributed by atoms with Crippen LogP contribution in [0.25, 0.3) is 0 Å². The fraction of sp³-hybridized carbons (Fsp3) is 0.312. The van der Waals surface area contributed by atoms with Crippen molar-refractivity contribution in [2.24, 2.45) is 0 Å². The van der Waals surface area contributed by atoms with Gasteiger partial charge in [0, 0.05) is 18.5 Å². The summed E-state index contributed by atoms with van der Waals surface area (Å²) in [5, 5.41) is 10.1. The highest BCUT2D eigenvalue weighted by molar-refractivity contribution is 7.07. The molecule has 110 valence electrons. The van der Waals surface area contributed by atoms with E-state index in [0.717, 1.165) is 24.2 Å². The molecule has 0 spiro atoms. The molecule has 3 rings (SSSR count). The van der Waals surface area contributed by atoms with Crippen molar-refractivity contribution in [2.45, 2.75) is 18.9 Å². The van der Waals surface area contributed by atoms with Gasteiger partial charge in [-0.3, -0.25) is 0 Å². The quantitative estimate of drug-likeness (QED) is 0.911. The first kappa shape index (κ1) is 13.9. The molecule has 0 aliphatic carbocycles. The predicted octanol–water partition coefficient (Wildman–Crippen LogP) is 3.11. The van der Waals surface area contributed by atoms with Crippen LogP contribution in [-0.4, -0.2) is 19.2 Å². The fourth-order valence-electron chi connectivity index (χ4n) is 2.46. The van der Waals surface area contributed by atoms with Gasteiger partial charge in [0.25, 0.3) is 0 Å². The Morgan fingerprint density at radius 2 is 2.24 bits per heavy atom. The Morgan fingerprint density at radius 1 is 1.33 bits per heavy atom. The highest BCUT2D eigenvalue weighted by Gasteiger charge is 2.22. The fourth-order valence-corrected chi connectivity index (χ4v) is 3.16. The maximum Gasteiger partial charge on any atom is 0.315 e. The molecule has 1 atom stereocenters. The van der Waals surface area contributed by atoms with E-state index in [0.29, 0.717) is 13.2 Å². The number of thiophene rings is 1. The van der Waals surface area contributed by atoms with Crippen LogP contribution in [0.15, 0.2) is 41.1 Å². The lowest BCUT2D eigenvalue weighted by molar-refractivity contribution is 0.223. The average molecular weight is 302 g/mol. The number of urea groups is 1. The Kier molecular flexibility index (Phi) is 4.40. The first-order valence-corrected chi connectivity index (χ1v) is 8.04. The first-order chi connectivity index (χ1) is 10.3. The Hall–Kier alpha value is -2.01. The van der Waals surface area contributed by atoms with Crippen LogP contribution in [0.1, 0.15) is 23.6 Å². The minimum Gasteiger partial charge on any atom is -0.493 e. The lowest BCUT2D eigenvalue weighted by Crippen LogP contribution is -2.40. The molecule has 0 unspecified atom stereocenters. The molecule has 2 aromatic rings. The number of hydrogen-bond acceptors (Lipinski definition) is 3. The molecule has 2 heterocycles. The van der Waals surface area contributed by atoms with Crippen LogP contribution < -0.4 is 15.4 Å². The number of ether oxygens (including phenoxy) is 1. The van der Waals surface area contributed by atoms with Crippen LogP contribution in [-0.2, 0) is 6.42 Å². The van der Waals surface area contributed by atoms with Gasteiger partial charge in [-0.1, -0.05) is 18.2 Å². The van der Waals surface area contributed by atoms with Crippen LogP contribution in [0.3, 0.4) is 0 Å². The van der Waals surface area contributed by atoms with E-state index in [4.69, 9.17) is 4.74 Å². The molecule has 1 aliphatic rings. The van der Waals surface area contributed by atoms with Crippen molar-refractivity contribution >= 4 is 17.4 Å². The van der Waals surface area contributed by atoms with Gasteiger partial charge in [-0.25, -0.2) is 4.79 Å². The molecule has 2 amide bonds. The van der Waals surface area contributed by atoms with Gasteiger partial charge in [-0.05, 0) is 34.9 Å². The molecule has 0 saturated carbocycles. The van der Waals surface area contributed by atoms with E-state index in [1.54, 1.807) is 11.3 Å². The molecule has 5 heteroatoms. The number of nitrogens with one attached hydrogen (secondary N) is 2. The Balaban J connectivity index is 1.51. The summed E-state index contributed by atoms with van der Waals surface area (Å²) in [6.07, 6.45) is 1.66. The normalized spacial score (nSPS) is 16.7. The van der Waals surface area contributed by atoms with Gasteiger partial charge >= 0.3 is 6.03 Å². The van der Waals surface area contributed by atoms with Crippen molar-refractivity contribution in [2.75, 3.05) is 13.2 Å². The number of para-hydroxylation sites is 1. The second kappa shape index (κ2) is 6.63. The molecule has 2 N–H and O–H groups in total. The van der Waals surface area contributed by atoms with Crippen molar-refractivity contribution in [3.05, 3.63) is 52.2 Å². The lowest BCUT2D eigenvalue weighted by Gasteiger charge is -2.26. The number of carbonyl (C=O) groups is 1. The Labute approximate surface area is 128 Å². The zero-order chi connectivity index (χ0) is 14.5. The molecule has 4 nitrogen and oxygen atoms in total. The summed E-state index contributed by atoms with van der Waals surface area (Å²) in [4.78, 5) is 12.0. The van der Waals surface area contributed by atoms with Crippen molar-refractivity contribution < 1.29 is 9.53 Å². The zero-order valence-electron chi connectivity index (χ0n) is 11.7. The largest absolute Gasteiger partial charge is 0.493 e. The zero-order valence-corrected chi connectivity index (χ0v) is 12.5. The number of rotatable bonds is 4. The molecule has 0 saturated heterocycles.